The van der Waals surface area contributed by atoms with E-state index < -0.39 is 55.4 Å². The van der Waals surface area contributed by atoms with Crippen LogP contribution in [0, 0.1) is 0 Å². The van der Waals surface area contributed by atoms with Crippen molar-refractivity contribution in [3.8, 4) is 0 Å². The second-order valence-corrected chi connectivity index (χ2v) is 4.71. The molecule has 11 heteroatoms. The van der Waals surface area contributed by atoms with E-state index in [9.17, 15) is 9.59 Å². The van der Waals surface area contributed by atoms with Crippen molar-refractivity contribution < 1.29 is 55.5 Å². The molecule has 138 valence electrons. The molecule has 0 aromatic rings. The van der Waals surface area contributed by atoms with E-state index in [2.05, 4.69) is 0 Å². The lowest BCUT2D eigenvalue weighted by atomic mass is 10.0. The van der Waals surface area contributed by atoms with Gasteiger partial charge in [-0.3, -0.25) is 0 Å². The van der Waals surface area contributed by atoms with E-state index in [1.165, 1.54) is 6.92 Å². The zero-order valence-corrected chi connectivity index (χ0v) is 12.3. The van der Waals surface area contributed by atoms with E-state index in [0.717, 1.165) is 0 Å². The molecule has 0 saturated heterocycles. The molecule has 0 heterocycles. The number of rotatable bonds is 9. The van der Waals surface area contributed by atoms with Gasteiger partial charge >= 0.3 is 0 Å². The number of carbonyl (C=O) groups is 2. The fourth-order valence-electron chi connectivity index (χ4n) is 1.19. The molecule has 0 aliphatic carbocycles. The minimum Gasteiger partial charge on any atom is -0.394 e. The minimum absolute atomic E-state index is 0.0258. The summed E-state index contributed by atoms with van der Waals surface area (Å²) in [6.07, 6.45) is -12.7. The van der Waals surface area contributed by atoms with Gasteiger partial charge in [0.2, 0.25) is 0 Å². The fourth-order valence-corrected chi connectivity index (χ4v) is 1.19. The number of aliphatic hydroxyl groups excluding tert-OH is 9. The van der Waals surface area contributed by atoms with E-state index in [4.69, 9.17) is 46.0 Å². The normalized spacial score (nSPS) is 21.5. The third-order valence-corrected chi connectivity index (χ3v) is 2.75. The largest absolute Gasteiger partial charge is 0.394 e. The van der Waals surface area contributed by atoms with E-state index in [-0.39, 0.29) is 12.6 Å². The summed E-state index contributed by atoms with van der Waals surface area (Å²) < 4.78 is 0. The number of carbonyl (C=O) groups excluding carboxylic acids is 2. The van der Waals surface area contributed by atoms with Gasteiger partial charge in [-0.2, -0.15) is 0 Å². The van der Waals surface area contributed by atoms with Crippen LogP contribution in [0.4, 0.5) is 0 Å². The molecule has 0 aliphatic heterocycles. The molecule has 0 unspecified atom stereocenters. The van der Waals surface area contributed by atoms with Crippen LogP contribution in [0.2, 0.25) is 0 Å². The molecule has 0 aromatic heterocycles. The summed E-state index contributed by atoms with van der Waals surface area (Å²) in [5, 5.41) is 78.6. The van der Waals surface area contributed by atoms with Crippen molar-refractivity contribution in [1.29, 1.82) is 0 Å². The van der Waals surface area contributed by atoms with Crippen LogP contribution in [0.15, 0.2) is 0 Å². The molecule has 0 radical (unpaired) electrons. The predicted octanol–water partition coefficient (Wildman–Crippen LogP) is -5.73. The molecule has 0 aromatic carbocycles. The van der Waals surface area contributed by atoms with Crippen LogP contribution < -0.4 is 0 Å². The van der Waals surface area contributed by atoms with Crippen molar-refractivity contribution in [2.45, 2.75) is 55.8 Å². The Morgan fingerprint density at radius 1 is 0.696 bits per heavy atom. The van der Waals surface area contributed by atoms with Crippen LogP contribution >= 0.6 is 0 Å². The maximum atomic E-state index is 9.90. The van der Waals surface area contributed by atoms with Crippen LogP contribution in [0.25, 0.3) is 0 Å². The highest BCUT2D eigenvalue weighted by molar-refractivity contribution is 5.57. The third kappa shape index (κ3) is 9.00. The second-order valence-electron chi connectivity index (χ2n) is 4.71. The van der Waals surface area contributed by atoms with Gasteiger partial charge in [-0.15, -0.1) is 0 Å². The van der Waals surface area contributed by atoms with Gasteiger partial charge in [0.05, 0.1) is 12.7 Å². The average Bonchev–Trinajstić information content (AvgIpc) is 2.56. The Labute approximate surface area is 131 Å². The lowest BCUT2D eigenvalue weighted by Gasteiger charge is -2.22. The Bertz CT molecular complexity index is 324. The van der Waals surface area contributed by atoms with Crippen LogP contribution in [0.5, 0.6) is 0 Å². The van der Waals surface area contributed by atoms with Gasteiger partial charge in [-0.1, -0.05) is 0 Å². The van der Waals surface area contributed by atoms with Gasteiger partial charge < -0.3 is 55.5 Å². The first kappa shape index (κ1) is 24.2. The summed E-state index contributed by atoms with van der Waals surface area (Å²) in [6.45, 7) is 0.481. The number of hydrogen-bond donors (Lipinski definition) is 9. The zero-order valence-electron chi connectivity index (χ0n) is 12.3. The van der Waals surface area contributed by atoms with Gasteiger partial charge in [-0.25, -0.2) is 0 Å². The highest BCUT2D eigenvalue weighted by Crippen LogP contribution is 2.03. The lowest BCUT2D eigenvalue weighted by Crippen LogP contribution is -2.46. The quantitative estimate of drug-likeness (QED) is 0.179. The van der Waals surface area contributed by atoms with Gasteiger partial charge in [-0.05, 0) is 6.92 Å². The van der Waals surface area contributed by atoms with Gasteiger partial charge in [0.1, 0.15) is 42.7 Å². The van der Waals surface area contributed by atoms with Crippen molar-refractivity contribution in [2.75, 3.05) is 6.61 Å². The fraction of sp³-hybridized carbons (Fsp3) is 0.833. The molecule has 0 saturated carbocycles. The predicted molar refractivity (Wildman–Crippen MR) is 72.9 cm³/mol. The molecule has 0 amide bonds. The first-order valence-corrected chi connectivity index (χ1v) is 6.51. The molecule has 23 heavy (non-hydrogen) atoms. The van der Waals surface area contributed by atoms with Crippen LogP contribution in [0.3, 0.4) is 0 Å². The molecule has 9 N–H and O–H groups in total. The molecular weight excluding hydrogens is 320 g/mol. The molecule has 8 atom stereocenters. The lowest BCUT2D eigenvalue weighted by molar-refractivity contribution is -0.136. The van der Waals surface area contributed by atoms with E-state index in [1.807, 2.05) is 0 Å². The van der Waals surface area contributed by atoms with Gasteiger partial charge in [0, 0.05) is 0 Å². The second kappa shape index (κ2) is 12.4. The molecule has 0 aliphatic rings. The maximum Gasteiger partial charge on any atom is 0.151 e. The summed E-state index contributed by atoms with van der Waals surface area (Å²) in [7, 11) is 0. The smallest absolute Gasteiger partial charge is 0.151 e. The van der Waals surface area contributed by atoms with E-state index in [1.54, 1.807) is 0 Å². The van der Waals surface area contributed by atoms with Gasteiger partial charge in [0.25, 0.3) is 0 Å². The summed E-state index contributed by atoms with van der Waals surface area (Å²) in [5.74, 6) is 0. The number of hydrogen-bond acceptors (Lipinski definition) is 11. The molecule has 0 bridgehead atoms. The minimum atomic E-state index is -1.79. The molecule has 11 nitrogen and oxygen atoms in total. The number of aldehydes is 2. The Hall–Kier alpha value is -1.02. The summed E-state index contributed by atoms with van der Waals surface area (Å²) in [6, 6.07) is 0. The Morgan fingerprint density at radius 2 is 1.04 bits per heavy atom. The monoisotopic (exact) mass is 344 g/mol. The number of aliphatic hydroxyl groups is 9. The third-order valence-electron chi connectivity index (χ3n) is 2.75. The maximum absolute atomic E-state index is 9.90. The summed E-state index contributed by atoms with van der Waals surface area (Å²) in [5.41, 5.74) is 0. The summed E-state index contributed by atoms with van der Waals surface area (Å²) in [4.78, 5) is 19.8. The van der Waals surface area contributed by atoms with Gasteiger partial charge in [0.15, 0.2) is 12.6 Å². The standard InChI is InChI=1S/C6H12O6.C6H12O5/c7-1-3(9)5(11)6(12)4(10)2-8;1-3(8)5(10)6(11)4(9)2-7/h1,3-6,8-12H,2H2;2-6,8-11H,1H3/t3-,4+,5+,6+;3-,4+,5-,6-/m01/s1. The molecule has 0 fully saturated rings. The Balaban J connectivity index is 0. The molecular formula is C12H24O11. The highest BCUT2D eigenvalue weighted by Gasteiger charge is 2.29. The van der Waals surface area contributed by atoms with Crippen molar-refractivity contribution in [2.24, 2.45) is 0 Å². The molecule has 0 spiro atoms. The van der Waals surface area contributed by atoms with Crippen molar-refractivity contribution in [3.05, 3.63) is 0 Å². The van der Waals surface area contributed by atoms with E-state index in [0.29, 0.717) is 0 Å². The Morgan fingerprint density at radius 3 is 1.30 bits per heavy atom. The van der Waals surface area contributed by atoms with Crippen molar-refractivity contribution >= 4 is 12.6 Å². The highest BCUT2D eigenvalue weighted by atomic mass is 16.4. The topological polar surface area (TPSA) is 216 Å². The van der Waals surface area contributed by atoms with Crippen LogP contribution in [-0.2, 0) is 9.59 Å². The Kier molecular flexibility index (Phi) is 13.1. The first-order valence-electron chi connectivity index (χ1n) is 6.51. The average molecular weight is 344 g/mol. The van der Waals surface area contributed by atoms with Crippen molar-refractivity contribution in [1.82, 2.24) is 0 Å². The summed E-state index contributed by atoms with van der Waals surface area (Å²) >= 11 is 0. The van der Waals surface area contributed by atoms with Crippen LogP contribution in [-0.4, -0.2) is 114 Å². The SMILES string of the molecule is C[C@@H](O)[C@@H](O)[C@H](O)[C@@H](O)C=O.O=C[C@H](O)[C@@H](O)[C@H](O)[C@H](O)CO. The zero-order chi connectivity index (χ0) is 18.7. The van der Waals surface area contributed by atoms with Crippen LogP contribution in [0.1, 0.15) is 6.92 Å². The molecule has 0 rings (SSSR count). The first-order chi connectivity index (χ1) is 10.5. The van der Waals surface area contributed by atoms with Crippen molar-refractivity contribution in [3.63, 3.8) is 0 Å². The van der Waals surface area contributed by atoms with E-state index >= 15 is 0 Å².